The van der Waals surface area contributed by atoms with Gasteiger partial charge in [0.2, 0.25) is 0 Å². The zero-order valence-corrected chi connectivity index (χ0v) is 14.9. The van der Waals surface area contributed by atoms with Crippen LogP contribution in [0.15, 0.2) is 36.9 Å². The Labute approximate surface area is 151 Å². The second-order valence-electron chi connectivity index (χ2n) is 6.76. The molecule has 2 N–H and O–H groups in total. The average Bonchev–Trinajstić information content (AvgIpc) is 3.33. The Bertz CT molecular complexity index is 946. The third kappa shape index (κ3) is 2.92. The SMILES string of the molecule is CO[C@@H]1C[C@@H](Cn2ccc(N)n2)N(C(=O)c2cc(C)cn3ccnc23)C1. The predicted octanol–water partition coefficient (Wildman–Crippen LogP) is 1.35. The third-order valence-corrected chi connectivity index (χ3v) is 4.88. The maximum atomic E-state index is 13.3. The second-order valence-corrected chi connectivity index (χ2v) is 6.76. The maximum Gasteiger partial charge on any atom is 0.258 e. The number of methoxy groups -OCH3 is 1. The Balaban J connectivity index is 1.66. The van der Waals surface area contributed by atoms with Crippen molar-refractivity contribution in [2.24, 2.45) is 0 Å². The number of hydrogen-bond acceptors (Lipinski definition) is 5. The second kappa shape index (κ2) is 6.45. The molecule has 1 saturated heterocycles. The van der Waals surface area contributed by atoms with Crippen molar-refractivity contribution < 1.29 is 9.53 Å². The van der Waals surface area contributed by atoms with Crippen molar-refractivity contribution in [1.29, 1.82) is 0 Å². The standard InChI is InChI=1S/C18H22N6O2/c1-12-7-15(17-20-4-6-22(17)9-12)18(25)24-11-14(26-2)8-13(24)10-23-5-3-16(19)21-23/h3-7,9,13-14H,8,10-11H2,1-2H3,(H2,19,21)/t13-,14+/m0/s1. The van der Waals surface area contributed by atoms with Crippen LogP contribution in [0.2, 0.25) is 0 Å². The number of aryl methyl sites for hydroxylation is 1. The molecule has 8 nitrogen and oxygen atoms in total. The van der Waals surface area contributed by atoms with Crippen molar-refractivity contribution in [3.63, 3.8) is 0 Å². The third-order valence-electron chi connectivity index (χ3n) is 4.88. The minimum Gasteiger partial charge on any atom is -0.382 e. The van der Waals surface area contributed by atoms with Gasteiger partial charge in [-0.3, -0.25) is 9.48 Å². The van der Waals surface area contributed by atoms with Gasteiger partial charge in [-0.05, 0) is 31.0 Å². The van der Waals surface area contributed by atoms with E-state index in [1.165, 1.54) is 0 Å². The van der Waals surface area contributed by atoms with Gasteiger partial charge in [0.15, 0.2) is 0 Å². The molecule has 26 heavy (non-hydrogen) atoms. The molecule has 0 saturated carbocycles. The van der Waals surface area contributed by atoms with Gasteiger partial charge in [-0.2, -0.15) is 5.10 Å². The molecule has 3 aromatic heterocycles. The summed E-state index contributed by atoms with van der Waals surface area (Å²) >= 11 is 0. The maximum absolute atomic E-state index is 13.3. The molecule has 4 heterocycles. The zero-order valence-electron chi connectivity index (χ0n) is 14.9. The van der Waals surface area contributed by atoms with Crippen LogP contribution < -0.4 is 5.73 Å². The normalized spacial score (nSPS) is 20.2. The molecule has 0 unspecified atom stereocenters. The van der Waals surface area contributed by atoms with Gasteiger partial charge in [-0.1, -0.05) is 0 Å². The van der Waals surface area contributed by atoms with Crippen LogP contribution in [0.3, 0.4) is 0 Å². The minimum absolute atomic E-state index is 0.0115. The molecule has 3 aromatic rings. The van der Waals surface area contributed by atoms with Crippen LogP contribution in [-0.4, -0.2) is 55.8 Å². The fourth-order valence-corrected chi connectivity index (χ4v) is 3.65. The molecule has 0 aliphatic carbocycles. The van der Waals surface area contributed by atoms with Crippen LogP contribution in [0.25, 0.3) is 5.65 Å². The summed E-state index contributed by atoms with van der Waals surface area (Å²) in [5, 5.41) is 4.25. The minimum atomic E-state index is -0.0328. The summed E-state index contributed by atoms with van der Waals surface area (Å²) in [6.07, 6.45) is 8.13. The lowest BCUT2D eigenvalue weighted by atomic mass is 10.1. The van der Waals surface area contributed by atoms with Gasteiger partial charge in [-0.25, -0.2) is 4.98 Å². The zero-order chi connectivity index (χ0) is 18.3. The van der Waals surface area contributed by atoms with E-state index in [1.54, 1.807) is 24.1 Å². The largest absolute Gasteiger partial charge is 0.382 e. The molecule has 2 atom stereocenters. The van der Waals surface area contributed by atoms with E-state index in [-0.39, 0.29) is 18.1 Å². The van der Waals surface area contributed by atoms with E-state index in [2.05, 4.69) is 10.1 Å². The fourth-order valence-electron chi connectivity index (χ4n) is 3.65. The molecule has 1 amide bonds. The van der Waals surface area contributed by atoms with Gasteiger partial charge < -0.3 is 19.8 Å². The van der Waals surface area contributed by atoms with E-state index in [1.807, 2.05) is 40.9 Å². The predicted molar refractivity (Wildman–Crippen MR) is 96.8 cm³/mol. The molecule has 1 fully saturated rings. The van der Waals surface area contributed by atoms with Gasteiger partial charge in [0, 0.05) is 38.4 Å². The van der Waals surface area contributed by atoms with Gasteiger partial charge in [0.25, 0.3) is 5.91 Å². The van der Waals surface area contributed by atoms with E-state index in [9.17, 15) is 4.79 Å². The highest BCUT2D eigenvalue weighted by Gasteiger charge is 2.37. The first-order valence-corrected chi connectivity index (χ1v) is 8.61. The van der Waals surface area contributed by atoms with E-state index < -0.39 is 0 Å². The quantitative estimate of drug-likeness (QED) is 0.764. The summed E-state index contributed by atoms with van der Waals surface area (Å²) in [6, 6.07) is 3.64. The molecule has 0 aromatic carbocycles. The average molecular weight is 354 g/mol. The summed E-state index contributed by atoms with van der Waals surface area (Å²) in [7, 11) is 1.68. The van der Waals surface area contributed by atoms with Crippen molar-refractivity contribution >= 4 is 17.4 Å². The number of ether oxygens (including phenoxy) is 1. The number of imidazole rings is 1. The Kier molecular flexibility index (Phi) is 4.12. The van der Waals surface area contributed by atoms with Crippen molar-refractivity contribution in [3.8, 4) is 0 Å². The molecule has 0 radical (unpaired) electrons. The number of rotatable bonds is 4. The number of aromatic nitrogens is 4. The number of nitrogens with two attached hydrogens (primary N) is 1. The fraction of sp³-hybridized carbons (Fsp3) is 0.389. The van der Waals surface area contributed by atoms with Crippen LogP contribution in [0.1, 0.15) is 22.3 Å². The summed E-state index contributed by atoms with van der Waals surface area (Å²) in [4.78, 5) is 19.6. The number of carbonyl (C=O) groups excluding carboxylic acids is 1. The topological polar surface area (TPSA) is 90.7 Å². The highest BCUT2D eigenvalue weighted by atomic mass is 16.5. The van der Waals surface area contributed by atoms with E-state index in [0.29, 0.717) is 30.1 Å². The van der Waals surface area contributed by atoms with Crippen LogP contribution >= 0.6 is 0 Å². The summed E-state index contributed by atoms with van der Waals surface area (Å²) in [5.41, 5.74) is 8.00. The summed E-state index contributed by atoms with van der Waals surface area (Å²) < 4.78 is 9.19. The number of carbonyl (C=O) groups is 1. The van der Waals surface area contributed by atoms with Gasteiger partial charge in [0.1, 0.15) is 11.5 Å². The first-order valence-electron chi connectivity index (χ1n) is 8.61. The van der Waals surface area contributed by atoms with Crippen LogP contribution in [0, 0.1) is 6.92 Å². The van der Waals surface area contributed by atoms with E-state index in [4.69, 9.17) is 10.5 Å². The number of nitrogens with zero attached hydrogens (tertiary/aromatic N) is 5. The molecule has 0 spiro atoms. The smallest absolute Gasteiger partial charge is 0.258 e. The highest BCUT2D eigenvalue weighted by Crippen LogP contribution is 2.25. The molecular formula is C18H22N6O2. The first kappa shape index (κ1) is 16.6. The van der Waals surface area contributed by atoms with Gasteiger partial charge in [-0.15, -0.1) is 0 Å². The highest BCUT2D eigenvalue weighted by molar-refractivity contribution is 6.00. The van der Waals surface area contributed by atoms with Gasteiger partial charge >= 0.3 is 0 Å². The van der Waals surface area contributed by atoms with Gasteiger partial charge in [0.05, 0.1) is 24.3 Å². The summed E-state index contributed by atoms with van der Waals surface area (Å²) in [6.45, 7) is 3.11. The molecule has 0 bridgehead atoms. The molecular weight excluding hydrogens is 332 g/mol. The van der Waals surface area contributed by atoms with Crippen LogP contribution in [0.4, 0.5) is 5.82 Å². The number of pyridine rings is 1. The molecule has 136 valence electrons. The number of hydrogen-bond donors (Lipinski definition) is 1. The van der Waals surface area contributed by atoms with Crippen LogP contribution in [0.5, 0.6) is 0 Å². The summed E-state index contributed by atoms with van der Waals surface area (Å²) in [5.74, 6) is 0.441. The lowest BCUT2D eigenvalue weighted by Gasteiger charge is -2.24. The number of fused-ring (bicyclic) bond motifs is 1. The van der Waals surface area contributed by atoms with Crippen LogP contribution in [-0.2, 0) is 11.3 Å². The molecule has 1 aliphatic rings. The Morgan fingerprint density at radius 1 is 1.42 bits per heavy atom. The number of likely N-dealkylation sites (tertiary alicyclic amines) is 1. The Hall–Kier alpha value is -2.87. The van der Waals surface area contributed by atoms with E-state index in [0.717, 1.165) is 12.0 Å². The number of nitrogen functional groups attached to an aromatic ring is 1. The number of anilines is 1. The lowest BCUT2D eigenvalue weighted by molar-refractivity contribution is 0.0680. The van der Waals surface area contributed by atoms with Crippen molar-refractivity contribution in [2.75, 3.05) is 19.4 Å². The van der Waals surface area contributed by atoms with E-state index >= 15 is 0 Å². The van der Waals surface area contributed by atoms with Crippen molar-refractivity contribution in [2.45, 2.75) is 32.0 Å². The van der Waals surface area contributed by atoms with Crippen molar-refractivity contribution in [3.05, 3.63) is 48.0 Å². The molecule has 8 heteroatoms. The first-order chi connectivity index (χ1) is 12.5. The molecule has 4 rings (SSSR count). The Morgan fingerprint density at radius 3 is 3.00 bits per heavy atom. The molecule has 1 aliphatic heterocycles. The lowest BCUT2D eigenvalue weighted by Crippen LogP contribution is -2.38. The number of amides is 1. The van der Waals surface area contributed by atoms with Crippen molar-refractivity contribution in [1.82, 2.24) is 24.1 Å². The monoisotopic (exact) mass is 354 g/mol. The Morgan fingerprint density at radius 2 is 2.27 bits per heavy atom.